The van der Waals surface area contributed by atoms with Crippen molar-refractivity contribution < 1.29 is 4.74 Å². The highest BCUT2D eigenvalue weighted by Crippen LogP contribution is 2.33. The van der Waals surface area contributed by atoms with Gasteiger partial charge < -0.3 is 9.64 Å². The molecular weight excluding hydrogens is 326 g/mol. The van der Waals surface area contributed by atoms with Gasteiger partial charge in [-0.3, -0.25) is 0 Å². The molecule has 4 nitrogen and oxygen atoms in total. The number of methoxy groups -OCH3 is 1. The van der Waals surface area contributed by atoms with Crippen LogP contribution in [0.1, 0.15) is 17.9 Å². The minimum Gasteiger partial charge on any atom is -0.497 e. The van der Waals surface area contributed by atoms with Gasteiger partial charge in [0.15, 0.2) is 3.92 Å². The summed E-state index contributed by atoms with van der Waals surface area (Å²) in [4.78, 5) is 2.30. The first-order valence-electron chi connectivity index (χ1n) is 6.14. The largest absolute Gasteiger partial charge is 0.497 e. The number of rotatable bonds is 3. The van der Waals surface area contributed by atoms with E-state index in [1.807, 2.05) is 12.1 Å². The monoisotopic (exact) mass is 339 g/mol. The number of hydrogen-bond acceptors (Lipinski definition) is 5. The molecule has 0 unspecified atom stereocenters. The topological polar surface area (TPSA) is 38.2 Å². The Bertz CT molecular complexity index is 557. The van der Waals surface area contributed by atoms with Crippen LogP contribution in [0.2, 0.25) is 0 Å². The standard InChI is InChI=1S/C13H14BrN3OS/c1-18-11-4-2-9(3-5-11)10-6-7-17(8-10)13-16-15-12(14)19-13/h2-5,10H,6-8H2,1H3/t10-/m0/s1. The molecule has 1 aromatic heterocycles. The SMILES string of the molecule is COc1ccc([C@H]2CCN(c3nnc(Br)s3)C2)cc1. The van der Waals surface area contributed by atoms with Gasteiger partial charge in [-0.05, 0) is 40.0 Å². The van der Waals surface area contributed by atoms with Crippen molar-refractivity contribution in [3.8, 4) is 5.75 Å². The van der Waals surface area contributed by atoms with Crippen LogP contribution in [0.25, 0.3) is 0 Å². The maximum Gasteiger partial charge on any atom is 0.209 e. The quantitative estimate of drug-likeness (QED) is 0.859. The summed E-state index contributed by atoms with van der Waals surface area (Å²) in [7, 11) is 1.69. The summed E-state index contributed by atoms with van der Waals surface area (Å²) in [6.07, 6.45) is 1.16. The Kier molecular flexibility index (Phi) is 3.70. The fourth-order valence-electron chi connectivity index (χ4n) is 2.41. The van der Waals surface area contributed by atoms with Crippen molar-refractivity contribution in [2.75, 3.05) is 25.1 Å². The molecule has 1 atom stereocenters. The molecule has 0 spiro atoms. The Balaban J connectivity index is 1.71. The molecule has 19 heavy (non-hydrogen) atoms. The van der Waals surface area contributed by atoms with Crippen molar-refractivity contribution in [3.05, 3.63) is 33.7 Å². The van der Waals surface area contributed by atoms with Crippen LogP contribution in [0.3, 0.4) is 0 Å². The average molecular weight is 340 g/mol. The molecule has 0 radical (unpaired) electrons. The van der Waals surface area contributed by atoms with E-state index >= 15 is 0 Å². The maximum absolute atomic E-state index is 5.19. The first-order valence-corrected chi connectivity index (χ1v) is 7.75. The fourth-order valence-corrected chi connectivity index (χ4v) is 3.53. The van der Waals surface area contributed by atoms with Gasteiger partial charge in [0.2, 0.25) is 5.13 Å². The maximum atomic E-state index is 5.19. The van der Waals surface area contributed by atoms with Crippen LogP contribution in [-0.4, -0.2) is 30.4 Å². The molecule has 100 valence electrons. The van der Waals surface area contributed by atoms with Gasteiger partial charge in [-0.15, -0.1) is 10.2 Å². The summed E-state index contributed by atoms with van der Waals surface area (Å²) in [5.74, 6) is 1.47. The summed E-state index contributed by atoms with van der Waals surface area (Å²) >= 11 is 4.95. The normalized spacial score (nSPS) is 18.8. The van der Waals surface area contributed by atoms with E-state index in [2.05, 4.69) is 43.2 Å². The molecule has 1 aliphatic rings. The van der Waals surface area contributed by atoms with E-state index in [1.54, 1.807) is 18.4 Å². The van der Waals surface area contributed by atoms with Gasteiger partial charge in [-0.1, -0.05) is 23.5 Å². The van der Waals surface area contributed by atoms with Crippen molar-refractivity contribution in [1.29, 1.82) is 0 Å². The number of benzene rings is 1. The van der Waals surface area contributed by atoms with Gasteiger partial charge >= 0.3 is 0 Å². The summed E-state index contributed by atoms with van der Waals surface area (Å²) in [6.45, 7) is 2.05. The van der Waals surface area contributed by atoms with Crippen LogP contribution in [0, 0.1) is 0 Å². The molecule has 2 heterocycles. The average Bonchev–Trinajstić information content (AvgIpc) is 3.07. The number of ether oxygens (including phenoxy) is 1. The van der Waals surface area contributed by atoms with E-state index in [-0.39, 0.29) is 0 Å². The van der Waals surface area contributed by atoms with Crippen LogP contribution in [-0.2, 0) is 0 Å². The number of anilines is 1. The first-order chi connectivity index (χ1) is 9.26. The van der Waals surface area contributed by atoms with Crippen molar-refractivity contribution in [3.63, 3.8) is 0 Å². The lowest BCUT2D eigenvalue weighted by molar-refractivity contribution is 0.414. The highest BCUT2D eigenvalue weighted by Gasteiger charge is 2.26. The zero-order valence-electron chi connectivity index (χ0n) is 10.5. The summed E-state index contributed by atoms with van der Waals surface area (Å²) in [6, 6.07) is 8.37. The molecule has 0 amide bonds. The highest BCUT2D eigenvalue weighted by molar-refractivity contribution is 9.11. The van der Waals surface area contributed by atoms with Crippen LogP contribution in [0.5, 0.6) is 5.75 Å². The number of hydrogen-bond donors (Lipinski definition) is 0. The molecule has 3 rings (SSSR count). The van der Waals surface area contributed by atoms with E-state index in [0.717, 1.165) is 34.3 Å². The van der Waals surface area contributed by atoms with Gasteiger partial charge in [0.25, 0.3) is 0 Å². The second kappa shape index (κ2) is 5.46. The molecule has 1 aromatic carbocycles. The highest BCUT2D eigenvalue weighted by atomic mass is 79.9. The summed E-state index contributed by atoms with van der Waals surface area (Å²) in [5, 5.41) is 9.19. The Labute approximate surface area is 124 Å². The molecule has 2 aromatic rings. The van der Waals surface area contributed by atoms with Crippen LogP contribution in [0.15, 0.2) is 28.2 Å². The molecule has 0 saturated carbocycles. The molecule has 1 aliphatic heterocycles. The smallest absolute Gasteiger partial charge is 0.209 e. The van der Waals surface area contributed by atoms with Gasteiger partial charge in [-0.2, -0.15) is 0 Å². The molecule has 1 saturated heterocycles. The molecule has 0 N–H and O–H groups in total. The molecule has 0 bridgehead atoms. The molecule has 1 fully saturated rings. The van der Waals surface area contributed by atoms with E-state index < -0.39 is 0 Å². The third-order valence-corrected chi connectivity index (χ3v) is 4.85. The van der Waals surface area contributed by atoms with Crippen molar-refractivity contribution in [1.82, 2.24) is 10.2 Å². The lowest BCUT2D eigenvalue weighted by Crippen LogP contribution is -2.18. The van der Waals surface area contributed by atoms with E-state index in [4.69, 9.17) is 4.74 Å². The fraction of sp³-hybridized carbons (Fsp3) is 0.385. The zero-order chi connectivity index (χ0) is 13.2. The third-order valence-electron chi connectivity index (χ3n) is 3.44. The lowest BCUT2D eigenvalue weighted by atomic mass is 9.98. The molecule has 0 aliphatic carbocycles. The van der Waals surface area contributed by atoms with E-state index in [0.29, 0.717) is 5.92 Å². The number of aromatic nitrogens is 2. The predicted molar refractivity (Wildman–Crippen MR) is 80.2 cm³/mol. The predicted octanol–water partition coefficient (Wildman–Crippen LogP) is 3.30. The number of halogens is 1. The Morgan fingerprint density at radius 3 is 2.74 bits per heavy atom. The Morgan fingerprint density at radius 1 is 1.32 bits per heavy atom. The van der Waals surface area contributed by atoms with Crippen LogP contribution in [0.4, 0.5) is 5.13 Å². The molecular formula is C13H14BrN3OS. The van der Waals surface area contributed by atoms with Crippen molar-refractivity contribution in [2.24, 2.45) is 0 Å². The van der Waals surface area contributed by atoms with Crippen molar-refractivity contribution in [2.45, 2.75) is 12.3 Å². The van der Waals surface area contributed by atoms with Gasteiger partial charge in [-0.25, -0.2) is 0 Å². The summed E-state index contributed by atoms with van der Waals surface area (Å²) < 4.78 is 6.04. The summed E-state index contributed by atoms with van der Waals surface area (Å²) in [5.41, 5.74) is 1.37. The second-order valence-corrected chi connectivity index (χ2v) is 6.77. The van der Waals surface area contributed by atoms with Crippen LogP contribution < -0.4 is 9.64 Å². The van der Waals surface area contributed by atoms with Crippen molar-refractivity contribution >= 4 is 32.4 Å². The van der Waals surface area contributed by atoms with E-state index in [9.17, 15) is 0 Å². The zero-order valence-corrected chi connectivity index (χ0v) is 12.9. The van der Waals surface area contributed by atoms with E-state index in [1.165, 1.54) is 5.56 Å². The number of nitrogens with zero attached hydrogens (tertiary/aromatic N) is 3. The van der Waals surface area contributed by atoms with Gasteiger partial charge in [0, 0.05) is 19.0 Å². The molecule has 6 heteroatoms. The second-order valence-electron chi connectivity index (χ2n) is 4.54. The lowest BCUT2D eigenvalue weighted by Gasteiger charge is -2.14. The van der Waals surface area contributed by atoms with Crippen LogP contribution >= 0.6 is 27.3 Å². The van der Waals surface area contributed by atoms with Gasteiger partial charge in [0.1, 0.15) is 5.75 Å². The Morgan fingerprint density at radius 2 is 2.11 bits per heavy atom. The van der Waals surface area contributed by atoms with Gasteiger partial charge in [0.05, 0.1) is 7.11 Å². The minimum absolute atomic E-state index is 0.564. The first kappa shape index (κ1) is 12.9. The Hall–Kier alpha value is -1.14. The third kappa shape index (κ3) is 2.74. The minimum atomic E-state index is 0.564.